The van der Waals surface area contributed by atoms with Gasteiger partial charge in [0.25, 0.3) is 5.91 Å². The van der Waals surface area contributed by atoms with Gasteiger partial charge in [0.05, 0.1) is 0 Å². The van der Waals surface area contributed by atoms with Gasteiger partial charge in [0.2, 0.25) is 0 Å². The van der Waals surface area contributed by atoms with Crippen LogP contribution in [0.5, 0.6) is 0 Å². The van der Waals surface area contributed by atoms with Gasteiger partial charge in [-0.15, -0.1) is 5.10 Å². The minimum atomic E-state index is -0.758. The Hall–Kier alpha value is -3.55. The second kappa shape index (κ2) is 8.90. The maximum Gasteiger partial charge on any atom is 0.331 e. The molecular weight excluding hydrogens is 358 g/mol. The van der Waals surface area contributed by atoms with E-state index in [1.165, 1.54) is 11.0 Å². The number of ether oxygens (including phenoxy) is 1. The lowest BCUT2D eigenvalue weighted by molar-refractivity contribution is -0.151. The van der Waals surface area contributed by atoms with Gasteiger partial charge in [0.15, 0.2) is 12.6 Å². The SMILES string of the molecule is Cc1ccc(NC(=O)COC(=O)[C@@H](Cc2ccccc2)n2cnnn2)c(C)c1. The van der Waals surface area contributed by atoms with Crippen molar-refractivity contribution in [2.45, 2.75) is 26.3 Å². The Balaban J connectivity index is 1.62. The van der Waals surface area contributed by atoms with E-state index in [0.717, 1.165) is 16.7 Å². The number of aryl methyl sites for hydroxylation is 2. The molecule has 1 N–H and O–H groups in total. The highest BCUT2D eigenvalue weighted by molar-refractivity contribution is 5.93. The fourth-order valence-corrected chi connectivity index (χ4v) is 2.81. The number of nitrogens with one attached hydrogen (secondary N) is 1. The van der Waals surface area contributed by atoms with Crippen LogP contribution < -0.4 is 5.32 Å². The van der Waals surface area contributed by atoms with Crippen LogP contribution in [0.15, 0.2) is 54.9 Å². The number of tetrazole rings is 1. The number of aromatic nitrogens is 4. The van der Waals surface area contributed by atoms with Crippen molar-refractivity contribution in [3.05, 3.63) is 71.5 Å². The van der Waals surface area contributed by atoms with E-state index >= 15 is 0 Å². The molecular formula is C20H21N5O3. The molecule has 8 heteroatoms. The van der Waals surface area contributed by atoms with Gasteiger partial charge in [-0.2, -0.15) is 0 Å². The normalized spacial score (nSPS) is 11.6. The van der Waals surface area contributed by atoms with E-state index in [1.54, 1.807) is 0 Å². The second-order valence-corrected chi connectivity index (χ2v) is 6.47. The summed E-state index contributed by atoms with van der Waals surface area (Å²) in [6.45, 7) is 3.49. The Labute approximate surface area is 162 Å². The lowest BCUT2D eigenvalue weighted by Gasteiger charge is -2.16. The van der Waals surface area contributed by atoms with Gasteiger partial charge in [0, 0.05) is 12.1 Å². The van der Waals surface area contributed by atoms with Crippen molar-refractivity contribution in [2.75, 3.05) is 11.9 Å². The molecule has 1 heterocycles. The average Bonchev–Trinajstić information content (AvgIpc) is 3.22. The van der Waals surface area contributed by atoms with Gasteiger partial charge in [-0.05, 0) is 41.5 Å². The molecule has 1 atom stereocenters. The van der Waals surface area contributed by atoms with Crippen LogP contribution in [0.25, 0.3) is 0 Å². The van der Waals surface area contributed by atoms with Crippen molar-refractivity contribution in [1.29, 1.82) is 0 Å². The summed E-state index contributed by atoms with van der Waals surface area (Å²) >= 11 is 0. The number of carbonyl (C=O) groups excluding carboxylic acids is 2. The van der Waals surface area contributed by atoms with Crippen LogP contribution in [0.2, 0.25) is 0 Å². The number of rotatable bonds is 7. The van der Waals surface area contributed by atoms with Gasteiger partial charge >= 0.3 is 5.97 Å². The molecule has 0 aliphatic heterocycles. The quantitative estimate of drug-likeness (QED) is 0.632. The van der Waals surface area contributed by atoms with Crippen molar-refractivity contribution in [3.63, 3.8) is 0 Å². The number of anilines is 1. The van der Waals surface area contributed by atoms with Gasteiger partial charge < -0.3 is 10.1 Å². The molecule has 0 spiro atoms. The first kappa shape index (κ1) is 19.2. The Morgan fingerprint density at radius 3 is 2.61 bits per heavy atom. The van der Waals surface area contributed by atoms with Gasteiger partial charge in [-0.25, -0.2) is 9.48 Å². The molecule has 2 aromatic carbocycles. The summed E-state index contributed by atoms with van der Waals surface area (Å²) in [6.07, 6.45) is 1.70. The van der Waals surface area contributed by atoms with Gasteiger partial charge in [0.1, 0.15) is 6.33 Å². The summed E-state index contributed by atoms with van der Waals surface area (Å²) in [6, 6.07) is 14.4. The molecule has 8 nitrogen and oxygen atoms in total. The highest BCUT2D eigenvalue weighted by Crippen LogP contribution is 2.17. The zero-order valence-electron chi connectivity index (χ0n) is 15.7. The molecule has 1 amide bonds. The number of hydrogen-bond acceptors (Lipinski definition) is 6. The fraction of sp³-hybridized carbons (Fsp3) is 0.250. The molecule has 3 rings (SSSR count). The van der Waals surface area contributed by atoms with E-state index in [-0.39, 0.29) is 6.61 Å². The Morgan fingerprint density at radius 1 is 1.14 bits per heavy atom. The Bertz CT molecular complexity index is 942. The number of amides is 1. The summed E-state index contributed by atoms with van der Waals surface area (Å²) in [7, 11) is 0. The summed E-state index contributed by atoms with van der Waals surface area (Å²) < 4.78 is 6.56. The molecule has 1 aromatic heterocycles. The van der Waals surface area contributed by atoms with Crippen molar-refractivity contribution < 1.29 is 14.3 Å². The zero-order valence-corrected chi connectivity index (χ0v) is 15.7. The number of hydrogen-bond donors (Lipinski definition) is 1. The van der Waals surface area contributed by atoms with Crippen molar-refractivity contribution in [1.82, 2.24) is 20.2 Å². The standard InChI is InChI=1S/C20H21N5O3/c1-14-8-9-17(15(2)10-14)22-19(26)12-28-20(27)18(25-13-21-23-24-25)11-16-6-4-3-5-7-16/h3-10,13,18H,11-12H2,1-2H3,(H,22,26)/t18-/m1/s1. The largest absolute Gasteiger partial charge is 0.454 e. The predicted octanol–water partition coefficient (Wildman–Crippen LogP) is 2.26. The number of nitrogens with zero attached hydrogens (tertiary/aromatic N) is 4. The zero-order chi connectivity index (χ0) is 19.9. The highest BCUT2D eigenvalue weighted by Gasteiger charge is 2.24. The summed E-state index contributed by atoms with van der Waals surface area (Å²) in [5, 5.41) is 13.7. The summed E-state index contributed by atoms with van der Waals surface area (Å²) in [4.78, 5) is 24.8. The summed E-state index contributed by atoms with van der Waals surface area (Å²) in [5.41, 5.74) is 3.66. The molecule has 0 fully saturated rings. The van der Waals surface area contributed by atoms with E-state index < -0.39 is 17.9 Å². The van der Waals surface area contributed by atoms with Crippen LogP contribution in [0.3, 0.4) is 0 Å². The topological polar surface area (TPSA) is 99.0 Å². The highest BCUT2D eigenvalue weighted by atomic mass is 16.5. The molecule has 0 saturated carbocycles. The average molecular weight is 379 g/mol. The van der Waals surface area contributed by atoms with Gasteiger partial charge in [-0.3, -0.25) is 4.79 Å². The first-order chi connectivity index (χ1) is 13.5. The third-order valence-corrected chi connectivity index (χ3v) is 4.23. The van der Waals surface area contributed by atoms with Crippen LogP contribution in [0.4, 0.5) is 5.69 Å². The molecule has 0 unspecified atom stereocenters. The Kier molecular flexibility index (Phi) is 6.11. The smallest absolute Gasteiger partial charge is 0.331 e. The molecule has 0 radical (unpaired) electrons. The molecule has 0 saturated heterocycles. The van der Waals surface area contributed by atoms with Gasteiger partial charge in [-0.1, -0.05) is 48.0 Å². The van der Waals surface area contributed by atoms with Crippen molar-refractivity contribution in [2.24, 2.45) is 0 Å². The summed E-state index contributed by atoms with van der Waals surface area (Å²) in [5.74, 6) is -0.984. The lowest BCUT2D eigenvalue weighted by Crippen LogP contribution is -2.28. The van der Waals surface area contributed by atoms with Crippen LogP contribution in [0, 0.1) is 13.8 Å². The monoisotopic (exact) mass is 379 g/mol. The molecule has 28 heavy (non-hydrogen) atoms. The first-order valence-corrected chi connectivity index (χ1v) is 8.83. The maximum atomic E-state index is 12.6. The first-order valence-electron chi connectivity index (χ1n) is 8.83. The second-order valence-electron chi connectivity index (χ2n) is 6.47. The third-order valence-electron chi connectivity index (χ3n) is 4.23. The van der Waals surface area contributed by atoms with E-state index in [2.05, 4.69) is 20.8 Å². The fourth-order valence-electron chi connectivity index (χ4n) is 2.81. The van der Waals surface area contributed by atoms with Crippen LogP contribution in [0.1, 0.15) is 22.7 Å². The van der Waals surface area contributed by atoms with Crippen molar-refractivity contribution in [3.8, 4) is 0 Å². The van der Waals surface area contributed by atoms with E-state index in [0.29, 0.717) is 12.1 Å². The molecule has 0 aliphatic rings. The minimum absolute atomic E-state index is 0.351. The van der Waals surface area contributed by atoms with E-state index in [1.807, 2.05) is 62.4 Å². The predicted molar refractivity (Wildman–Crippen MR) is 103 cm³/mol. The van der Waals surface area contributed by atoms with Crippen LogP contribution in [-0.2, 0) is 20.7 Å². The molecule has 0 bridgehead atoms. The molecule has 0 aliphatic carbocycles. The molecule has 3 aromatic rings. The number of carbonyl (C=O) groups is 2. The van der Waals surface area contributed by atoms with Crippen molar-refractivity contribution >= 4 is 17.6 Å². The van der Waals surface area contributed by atoms with Crippen LogP contribution in [-0.4, -0.2) is 38.7 Å². The Morgan fingerprint density at radius 2 is 1.93 bits per heavy atom. The number of benzene rings is 2. The third kappa shape index (κ3) is 5.00. The minimum Gasteiger partial charge on any atom is -0.454 e. The lowest BCUT2D eigenvalue weighted by atomic mass is 10.1. The van der Waals surface area contributed by atoms with E-state index in [4.69, 9.17) is 4.74 Å². The maximum absolute atomic E-state index is 12.6. The van der Waals surface area contributed by atoms with E-state index in [9.17, 15) is 9.59 Å². The van der Waals surface area contributed by atoms with Crippen LogP contribution >= 0.6 is 0 Å². The molecule has 144 valence electrons. The number of esters is 1.